The molecule has 0 saturated carbocycles. The van der Waals surface area contributed by atoms with Gasteiger partial charge in [-0.2, -0.15) is 0 Å². The molecule has 4 rings (SSSR count). The monoisotopic (exact) mass is 483 g/mol. The zero-order valence-electron chi connectivity index (χ0n) is 18.9. The molecule has 0 aliphatic carbocycles. The summed E-state index contributed by atoms with van der Waals surface area (Å²) in [5.41, 5.74) is 2.21. The predicted molar refractivity (Wildman–Crippen MR) is 130 cm³/mol. The summed E-state index contributed by atoms with van der Waals surface area (Å²) >= 11 is 0.801. The van der Waals surface area contributed by atoms with E-state index >= 15 is 0 Å². The molecular weight excluding hydrogens is 458 g/mol. The molecule has 2 aromatic rings. The Balaban J connectivity index is 1.45. The number of hydrogen-bond acceptors (Lipinski definition) is 8. The van der Waals surface area contributed by atoms with Crippen molar-refractivity contribution >= 4 is 46.3 Å². The first-order chi connectivity index (χ1) is 16.5. The van der Waals surface area contributed by atoms with Gasteiger partial charge in [0, 0.05) is 36.1 Å². The van der Waals surface area contributed by atoms with Gasteiger partial charge in [-0.1, -0.05) is 0 Å². The molecule has 2 aliphatic rings. The van der Waals surface area contributed by atoms with E-state index in [2.05, 4.69) is 10.2 Å². The number of anilines is 2. The quantitative estimate of drug-likeness (QED) is 0.600. The molecule has 0 atom stereocenters. The van der Waals surface area contributed by atoms with Gasteiger partial charge in [-0.05, 0) is 54.2 Å². The number of thioether (sulfide) groups is 1. The number of hydrogen-bond donors (Lipinski definition) is 1. The normalized spacial score (nSPS) is 17.3. The molecule has 0 aromatic heterocycles. The summed E-state index contributed by atoms with van der Waals surface area (Å²) in [6, 6.07) is 12.5. The van der Waals surface area contributed by atoms with Crippen LogP contribution in [0.5, 0.6) is 11.5 Å². The Morgan fingerprint density at radius 1 is 1.09 bits per heavy atom. The second kappa shape index (κ2) is 10.6. The van der Waals surface area contributed by atoms with Crippen LogP contribution in [0.3, 0.4) is 0 Å². The van der Waals surface area contributed by atoms with Crippen LogP contribution < -0.4 is 19.7 Å². The Morgan fingerprint density at radius 2 is 1.82 bits per heavy atom. The van der Waals surface area contributed by atoms with E-state index in [-0.39, 0.29) is 11.4 Å². The predicted octanol–water partition coefficient (Wildman–Crippen LogP) is 3.22. The number of benzene rings is 2. The summed E-state index contributed by atoms with van der Waals surface area (Å²) in [7, 11) is 3.11. The lowest BCUT2D eigenvalue weighted by atomic mass is 10.1. The van der Waals surface area contributed by atoms with E-state index in [1.54, 1.807) is 44.6 Å². The van der Waals surface area contributed by atoms with Crippen molar-refractivity contribution in [3.63, 3.8) is 0 Å². The number of amides is 3. The zero-order valence-corrected chi connectivity index (χ0v) is 19.7. The summed E-state index contributed by atoms with van der Waals surface area (Å²) in [5, 5.41) is 2.18. The van der Waals surface area contributed by atoms with Crippen LogP contribution in [0.1, 0.15) is 5.56 Å². The second-order valence-electron chi connectivity index (χ2n) is 7.57. The fourth-order valence-electron chi connectivity index (χ4n) is 3.63. The van der Waals surface area contributed by atoms with Gasteiger partial charge in [0.25, 0.3) is 11.1 Å². The Labute approximate surface area is 201 Å². The largest absolute Gasteiger partial charge is 0.497 e. The molecule has 2 fully saturated rings. The highest BCUT2D eigenvalue weighted by Gasteiger charge is 2.36. The number of morpholine rings is 1. The van der Waals surface area contributed by atoms with E-state index in [1.165, 1.54) is 0 Å². The van der Waals surface area contributed by atoms with Crippen molar-refractivity contribution in [3.8, 4) is 11.5 Å². The van der Waals surface area contributed by atoms with Crippen LogP contribution in [-0.2, 0) is 14.3 Å². The lowest BCUT2D eigenvalue weighted by molar-refractivity contribution is -0.127. The number of imide groups is 1. The fourth-order valence-corrected chi connectivity index (χ4v) is 4.46. The molecule has 9 nitrogen and oxygen atoms in total. The Morgan fingerprint density at radius 3 is 2.50 bits per heavy atom. The molecule has 3 amide bonds. The molecule has 1 N–H and O–H groups in total. The standard InChI is InChI=1S/C24H25N3O6S/c1-31-19-7-4-17(5-8-19)25-22(28)15-27-23(29)21(34-24(27)30)13-16-3-6-18(14-20(16)32-2)26-9-11-33-12-10-26/h3-8,13-14H,9-12,15H2,1-2H3,(H,25,28)/b21-13+. The molecule has 2 heterocycles. The maximum Gasteiger partial charge on any atom is 0.294 e. The number of rotatable bonds is 7. The average molecular weight is 484 g/mol. The highest BCUT2D eigenvalue weighted by Crippen LogP contribution is 2.35. The number of carbonyl (C=O) groups is 3. The minimum atomic E-state index is -0.515. The van der Waals surface area contributed by atoms with Gasteiger partial charge >= 0.3 is 0 Å². The summed E-state index contributed by atoms with van der Waals surface area (Å²) in [4.78, 5) is 41.1. The number of methoxy groups -OCH3 is 2. The Hall–Kier alpha value is -3.50. The molecule has 0 unspecified atom stereocenters. The van der Waals surface area contributed by atoms with Crippen LogP contribution in [0.15, 0.2) is 47.4 Å². The summed E-state index contributed by atoms with van der Waals surface area (Å²) in [6.07, 6.45) is 1.62. The van der Waals surface area contributed by atoms with Crippen LogP contribution in [0.2, 0.25) is 0 Å². The third kappa shape index (κ3) is 5.35. The lowest BCUT2D eigenvalue weighted by Gasteiger charge is -2.29. The van der Waals surface area contributed by atoms with E-state index in [9.17, 15) is 14.4 Å². The van der Waals surface area contributed by atoms with Gasteiger partial charge in [0.05, 0.1) is 32.3 Å². The minimum absolute atomic E-state index is 0.236. The molecule has 0 bridgehead atoms. The molecule has 10 heteroatoms. The SMILES string of the molecule is COc1ccc(NC(=O)CN2C(=O)S/C(=C/c3ccc(N4CCOCC4)cc3OC)C2=O)cc1. The third-order valence-corrected chi connectivity index (χ3v) is 6.34. The highest BCUT2D eigenvalue weighted by molar-refractivity contribution is 8.18. The molecule has 2 saturated heterocycles. The van der Waals surface area contributed by atoms with E-state index < -0.39 is 17.1 Å². The van der Waals surface area contributed by atoms with Gasteiger partial charge in [0.1, 0.15) is 18.0 Å². The lowest BCUT2D eigenvalue weighted by Crippen LogP contribution is -2.36. The Kier molecular flexibility index (Phi) is 7.39. The van der Waals surface area contributed by atoms with Crippen LogP contribution in [0, 0.1) is 0 Å². The van der Waals surface area contributed by atoms with Crippen molar-refractivity contribution in [2.75, 3.05) is 57.3 Å². The van der Waals surface area contributed by atoms with Crippen molar-refractivity contribution in [1.29, 1.82) is 0 Å². The minimum Gasteiger partial charge on any atom is -0.497 e. The van der Waals surface area contributed by atoms with Crippen LogP contribution in [-0.4, -0.2) is 69.0 Å². The number of ether oxygens (including phenoxy) is 3. The van der Waals surface area contributed by atoms with Crippen molar-refractivity contribution in [2.45, 2.75) is 0 Å². The molecule has 0 spiro atoms. The van der Waals surface area contributed by atoms with E-state index in [4.69, 9.17) is 14.2 Å². The van der Waals surface area contributed by atoms with Crippen molar-refractivity contribution < 1.29 is 28.6 Å². The van der Waals surface area contributed by atoms with Crippen molar-refractivity contribution in [1.82, 2.24) is 4.90 Å². The van der Waals surface area contributed by atoms with Crippen molar-refractivity contribution in [2.24, 2.45) is 0 Å². The number of nitrogens with one attached hydrogen (secondary N) is 1. The van der Waals surface area contributed by atoms with Gasteiger partial charge in [-0.15, -0.1) is 0 Å². The summed E-state index contributed by atoms with van der Waals surface area (Å²) in [6.45, 7) is 2.55. The molecule has 178 valence electrons. The van der Waals surface area contributed by atoms with Gasteiger partial charge in [-0.25, -0.2) is 0 Å². The van der Waals surface area contributed by atoms with E-state index in [0.29, 0.717) is 36.0 Å². The van der Waals surface area contributed by atoms with Gasteiger partial charge < -0.3 is 24.4 Å². The van der Waals surface area contributed by atoms with E-state index in [0.717, 1.165) is 35.4 Å². The molecular formula is C24H25N3O6S. The summed E-state index contributed by atoms with van der Waals surface area (Å²) in [5.74, 6) is 0.260. The topological polar surface area (TPSA) is 97.4 Å². The van der Waals surface area contributed by atoms with Gasteiger partial charge in [0.2, 0.25) is 5.91 Å². The first-order valence-electron chi connectivity index (χ1n) is 10.7. The van der Waals surface area contributed by atoms with E-state index in [1.807, 2.05) is 18.2 Å². The first kappa shape index (κ1) is 23.7. The maximum atomic E-state index is 12.9. The third-order valence-electron chi connectivity index (χ3n) is 5.43. The second-order valence-corrected chi connectivity index (χ2v) is 8.56. The smallest absolute Gasteiger partial charge is 0.294 e. The van der Waals surface area contributed by atoms with Crippen LogP contribution >= 0.6 is 11.8 Å². The van der Waals surface area contributed by atoms with Gasteiger partial charge in [-0.3, -0.25) is 19.3 Å². The van der Waals surface area contributed by atoms with Crippen LogP contribution in [0.25, 0.3) is 6.08 Å². The molecule has 2 aromatic carbocycles. The van der Waals surface area contributed by atoms with Crippen LogP contribution in [0.4, 0.5) is 16.2 Å². The number of carbonyl (C=O) groups excluding carboxylic acids is 3. The summed E-state index contributed by atoms with van der Waals surface area (Å²) < 4.78 is 16.0. The average Bonchev–Trinajstić information content (AvgIpc) is 3.12. The zero-order chi connectivity index (χ0) is 24.1. The highest BCUT2D eigenvalue weighted by atomic mass is 32.2. The fraction of sp³-hybridized carbons (Fsp3) is 0.292. The maximum absolute atomic E-state index is 12.9. The van der Waals surface area contributed by atoms with Crippen molar-refractivity contribution in [3.05, 3.63) is 52.9 Å². The molecule has 34 heavy (non-hydrogen) atoms. The molecule has 2 aliphatic heterocycles. The Bertz CT molecular complexity index is 1110. The molecule has 0 radical (unpaired) electrons. The first-order valence-corrected chi connectivity index (χ1v) is 11.5. The van der Waals surface area contributed by atoms with Gasteiger partial charge in [0.15, 0.2) is 0 Å². The number of nitrogens with zero attached hydrogens (tertiary/aromatic N) is 2.